The molecular formula is C12H22N2S. The molecule has 0 aromatic heterocycles. The van der Waals surface area contributed by atoms with Gasteiger partial charge in [0.25, 0.3) is 0 Å². The van der Waals surface area contributed by atoms with Gasteiger partial charge in [-0.25, -0.2) is 0 Å². The fraction of sp³-hybridized carbons (Fsp3) is 1.00. The number of rotatable bonds is 1. The lowest BCUT2D eigenvalue weighted by Crippen LogP contribution is -2.43. The molecule has 3 aliphatic heterocycles. The molecule has 3 heterocycles. The molecule has 4 unspecified atom stereocenters. The second-order valence-electron chi connectivity index (χ2n) is 5.39. The van der Waals surface area contributed by atoms with Gasteiger partial charge in [-0.3, -0.25) is 4.90 Å². The summed E-state index contributed by atoms with van der Waals surface area (Å²) in [4.78, 5) is 2.82. The highest BCUT2D eigenvalue weighted by Crippen LogP contribution is 2.36. The van der Waals surface area contributed by atoms with Crippen molar-refractivity contribution in [1.82, 2.24) is 10.2 Å². The number of likely N-dealkylation sites (tertiary alicyclic amines) is 1. The van der Waals surface area contributed by atoms with E-state index in [4.69, 9.17) is 0 Å². The fourth-order valence-electron chi connectivity index (χ4n) is 3.67. The molecule has 3 fully saturated rings. The Morgan fingerprint density at radius 1 is 1.33 bits per heavy atom. The van der Waals surface area contributed by atoms with Gasteiger partial charge in [-0.2, -0.15) is 11.8 Å². The first-order valence-electron chi connectivity index (χ1n) is 6.40. The van der Waals surface area contributed by atoms with E-state index in [2.05, 4.69) is 28.9 Å². The van der Waals surface area contributed by atoms with Crippen LogP contribution in [0.2, 0.25) is 0 Å². The van der Waals surface area contributed by atoms with Crippen molar-refractivity contribution < 1.29 is 0 Å². The van der Waals surface area contributed by atoms with Crippen LogP contribution in [0.15, 0.2) is 0 Å². The maximum atomic E-state index is 3.55. The van der Waals surface area contributed by atoms with Gasteiger partial charge in [0.1, 0.15) is 0 Å². The van der Waals surface area contributed by atoms with E-state index in [0.717, 1.165) is 23.9 Å². The summed E-state index contributed by atoms with van der Waals surface area (Å²) in [5, 5.41) is 3.55. The van der Waals surface area contributed by atoms with E-state index >= 15 is 0 Å². The van der Waals surface area contributed by atoms with E-state index in [1.807, 2.05) is 0 Å². The van der Waals surface area contributed by atoms with Crippen LogP contribution < -0.4 is 5.32 Å². The van der Waals surface area contributed by atoms with E-state index < -0.39 is 0 Å². The van der Waals surface area contributed by atoms with E-state index in [-0.39, 0.29) is 0 Å². The zero-order valence-corrected chi connectivity index (χ0v) is 10.4. The van der Waals surface area contributed by atoms with Gasteiger partial charge in [0.15, 0.2) is 0 Å². The Kier molecular flexibility index (Phi) is 2.97. The predicted octanol–water partition coefficient (Wildman–Crippen LogP) is 1.42. The second-order valence-corrected chi connectivity index (χ2v) is 6.54. The van der Waals surface area contributed by atoms with Crippen LogP contribution in [0.5, 0.6) is 0 Å². The number of thioether (sulfide) groups is 1. The third kappa shape index (κ3) is 1.83. The minimum atomic E-state index is 0.827. The summed E-state index contributed by atoms with van der Waals surface area (Å²) in [6.07, 6.45) is 2.89. The molecule has 0 saturated carbocycles. The molecular weight excluding hydrogens is 204 g/mol. The first kappa shape index (κ1) is 10.4. The highest BCUT2D eigenvalue weighted by molar-refractivity contribution is 7.99. The van der Waals surface area contributed by atoms with E-state index in [1.165, 1.54) is 44.0 Å². The highest BCUT2D eigenvalue weighted by Gasteiger charge is 2.44. The van der Waals surface area contributed by atoms with Crippen LogP contribution in [0.1, 0.15) is 19.8 Å². The average Bonchev–Trinajstić information content (AvgIpc) is 2.83. The largest absolute Gasteiger partial charge is 0.316 e. The molecule has 1 N–H and O–H groups in total. The molecule has 4 atom stereocenters. The van der Waals surface area contributed by atoms with Crippen molar-refractivity contribution in [1.29, 1.82) is 0 Å². The van der Waals surface area contributed by atoms with Crippen LogP contribution in [-0.2, 0) is 0 Å². The Morgan fingerprint density at radius 2 is 2.27 bits per heavy atom. The van der Waals surface area contributed by atoms with Gasteiger partial charge in [-0.05, 0) is 50.4 Å². The SMILES string of the molecule is CC1C2CNCC2CN1C1CCCSC1. The van der Waals surface area contributed by atoms with E-state index in [9.17, 15) is 0 Å². The van der Waals surface area contributed by atoms with Crippen LogP contribution in [0.4, 0.5) is 0 Å². The van der Waals surface area contributed by atoms with Crippen molar-refractivity contribution in [3.05, 3.63) is 0 Å². The Labute approximate surface area is 97.2 Å². The van der Waals surface area contributed by atoms with Crippen molar-refractivity contribution in [3.8, 4) is 0 Å². The lowest BCUT2D eigenvalue weighted by Gasteiger charge is -2.35. The molecule has 0 aromatic carbocycles. The van der Waals surface area contributed by atoms with Crippen LogP contribution in [0.3, 0.4) is 0 Å². The predicted molar refractivity (Wildman–Crippen MR) is 66.4 cm³/mol. The van der Waals surface area contributed by atoms with Crippen LogP contribution in [0, 0.1) is 11.8 Å². The molecule has 2 nitrogen and oxygen atoms in total. The van der Waals surface area contributed by atoms with Crippen molar-refractivity contribution in [3.63, 3.8) is 0 Å². The van der Waals surface area contributed by atoms with Crippen molar-refractivity contribution in [2.45, 2.75) is 31.8 Å². The maximum absolute atomic E-state index is 3.55. The molecule has 0 bridgehead atoms. The van der Waals surface area contributed by atoms with Gasteiger partial charge in [0.2, 0.25) is 0 Å². The average molecular weight is 226 g/mol. The van der Waals surface area contributed by atoms with Crippen molar-refractivity contribution >= 4 is 11.8 Å². The summed E-state index contributed by atoms with van der Waals surface area (Å²) < 4.78 is 0. The molecule has 0 amide bonds. The van der Waals surface area contributed by atoms with Gasteiger partial charge in [-0.15, -0.1) is 0 Å². The minimum absolute atomic E-state index is 0.827. The minimum Gasteiger partial charge on any atom is -0.316 e. The Hall–Kier alpha value is 0.270. The number of hydrogen-bond acceptors (Lipinski definition) is 3. The molecule has 0 aromatic rings. The van der Waals surface area contributed by atoms with Gasteiger partial charge >= 0.3 is 0 Å². The lowest BCUT2D eigenvalue weighted by molar-refractivity contribution is 0.174. The normalized spacial score (nSPS) is 47.0. The molecule has 15 heavy (non-hydrogen) atoms. The second kappa shape index (κ2) is 4.27. The molecule has 0 spiro atoms. The summed E-state index contributed by atoms with van der Waals surface area (Å²) in [6, 6.07) is 1.72. The summed E-state index contributed by atoms with van der Waals surface area (Å²) in [5.41, 5.74) is 0. The van der Waals surface area contributed by atoms with E-state index in [1.54, 1.807) is 0 Å². The highest BCUT2D eigenvalue weighted by atomic mass is 32.2. The molecule has 3 rings (SSSR count). The smallest absolute Gasteiger partial charge is 0.0189 e. The Balaban J connectivity index is 1.67. The van der Waals surface area contributed by atoms with Gasteiger partial charge < -0.3 is 5.32 Å². The zero-order chi connectivity index (χ0) is 10.3. The number of nitrogens with zero attached hydrogens (tertiary/aromatic N) is 1. The van der Waals surface area contributed by atoms with Crippen molar-refractivity contribution in [2.24, 2.45) is 11.8 Å². The van der Waals surface area contributed by atoms with Gasteiger partial charge in [-0.1, -0.05) is 0 Å². The molecule has 86 valence electrons. The monoisotopic (exact) mass is 226 g/mol. The summed E-state index contributed by atoms with van der Waals surface area (Å²) in [7, 11) is 0. The molecule has 3 saturated heterocycles. The summed E-state index contributed by atoms with van der Waals surface area (Å²) >= 11 is 2.16. The number of nitrogens with one attached hydrogen (secondary N) is 1. The van der Waals surface area contributed by atoms with Gasteiger partial charge in [0.05, 0.1) is 0 Å². The lowest BCUT2D eigenvalue weighted by atomic mass is 9.95. The third-order valence-corrected chi connectivity index (χ3v) is 5.78. The third-order valence-electron chi connectivity index (χ3n) is 4.59. The zero-order valence-electron chi connectivity index (χ0n) is 9.61. The van der Waals surface area contributed by atoms with Crippen LogP contribution in [0.25, 0.3) is 0 Å². The maximum Gasteiger partial charge on any atom is 0.0189 e. The molecule has 3 aliphatic rings. The van der Waals surface area contributed by atoms with Gasteiger partial charge in [0, 0.05) is 24.4 Å². The van der Waals surface area contributed by atoms with Crippen LogP contribution in [-0.4, -0.2) is 48.1 Å². The number of hydrogen-bond donors (Lipinski definition) is 1. The summed E-state index contributed by atoms with van der Waals surface area (Å²) in [6.45, 7) is 6.36. The van der Waals surface area contributed by atoms with Crippen molar-refractivity contribution in [2.75, 3.05) is 31.1 Å². The standard InChI is InChI=1S/C12H22N2S/c1-9-12-6-13-5-10(12)7-14(9)11-3-2-4-15-8-11/h9-13H,2-8H2,1H3. The number of fused-ring (bicyclic) bond motifs is 1. The molecule has 0 aliphatic carbocycles. The first-order chi connectivity index (χ1) is 7.36. The van der Waals surface area contributed by atoms with E-state index in [0.29, 0.717) is 0 Å². The Morgan fingerprint density at radius 3 is 3.00 bits per heavy atom. The summed E-state index contributed by atoms with van der Waals surface area (Å²) in [5.74, 6) is 4.67. The first-order valence-corrected chi connectivity index (χ1v) is 7.56. The Bertz CT molecular complexity index is 226. The molecule has 0 radical (unpaired) electrons. The molecule has 3 heteroatoms. The topological polar surface area (TPSA) is 15.3 Å². The quantitative estimate of drug-likeness (QED) is 0.728. The van der Waals surface area contributed by atoms with Crippen LogP contribution >= 0.6 is 11.8 Å². The fourth-order valence-corrected chi connectivity index (χ4v) is 4.84.